The number of methoxy groups -OCH3 is 1. The fraction of sp³-hybridized carbons (Fsp3) is 0.174. The summed E-state index contributed by atoms with van der Waals surface area (Å²) in [6, 6.07) is 3.32. The zero-order valence-electron chi connectivity index (χ0n) is 19.7. The van der Waals surface area contributed by atoms with Crippen molar-refractivity contribution in [2.24, 2.45) is 7.05 Å². The maximum atomic E-state index is 15.1. The summed E-state index contributed by atoms with van der Waals surface area (Å²) in [7, 11) is 3.04. The summed E-state index contributed by atoms with van der Waals surface area (Å²) in [6.45, 7) is 1.49. The van der Waals surface area contributed by atoms with E-state index < -0.39 is 29.6 Å². The van der Waals surface area contributed by atoms with Crippen LogP contribution >= 0.6 is 11.6 Å². The first-order chi connectivity index (χ1) is 17.7. The van der Waals surface area contributed by atoms with Crippen molar-refractivity contribution in [3.63, 3.8) is 0 Å². The molecule has 4 aromatic rings. The number of amides is 3. The Morgan fingerprint density at radius 1 is 1.11 bits per heavy atom. The van der Waals surface area contributed by atoms with E-state index in [0.29, 0.717) is 11.1 Å². The lowest BCUT2D eigenvalue weighted by atomic mass is 9.96. The third kappa shape index (κ3) is 5.67. The molecule has 0 spiro atoms. The standard InChI is InChI=1S/C23H20ClF2N7O4/c1-11(29-23(35)31-30-22(34)18-7-19(36-3)32-37-18)21-17(26)4-12(8-27-21)15-5-14(24)6-16(25)20(15)13-9-28-33(2)10-13/h4-11H,1-3H3,(H,30,34)(H2,29,31,35)/t11-/m1/s1. The summed E-state index contributed by atoms with van der Waals surface area (Å²) in [6.07, 6.45) is 4.45. The van der Waals surface area contributed by atoms with E-state index in [4.69, 9.17) is 20.9 Å². The molecule has 0 fully saturated rings. The minimum atomic E-state index is -0.898. The molecule has 14 heteroatoms. The molecule has 1 atom stereocenters. The average molecular weight is 532 g/mol. The Hall–Kier alpha value is -4.52. The molecule has 11 nitrogen and oxygen atoms in total. The lowest BCUT2D eigenvalue weighted by Crippen LogP contribution is -2.47. The first-order valence-electron chi connectivity index (χ1n) is 10.7. The summed E-state index contributed by atoms with van der Waals surface area (Å²) < 4.78 is 41.0. The quantitative estimate of drug-likeness (QED) is 0.322. The molecule has 0 radical (unpaired) electrons. The number of ether oxygens (including phenoxy) is 1. The van der Waals surface area contributed by atoms with Gasteiger partial charge in [0.05, 0.1) is 31.1 Å². The van der Waals surface area contributed by atoms with E-state index in [2.05, 4.69) is 31.4 Å². The predicted molar refractivity (Wildman–Crippen MR) is 127 cm³/mol. The largest absolute Gasteiger partial charge is 0.479 e. The monoisotopic (exact) mass is 531 g/mol. The number of hydrazine groups is 1. The highest BCUT2D eigenvalue weighted by Crippen LogP contribution is 2.37. The zero-order valence-corrected chi connectivity index (χ0v) is 20.4. The normalized spacial score (nSPS) is 11.6. The molecule has 192 valence electrons. The molecule has 3 amide bonds. The van der Waals surface area contributed by atoms with Crippen LogP contribution in [0, 0.1) is 11.6 Å². The van der Waals surface area contributed by atoms with Gasteiger partial charge in [-0.1, -0.05) is 11.6 Å². The highest BCUT2D eigenvalue weighted by Gasteiger charge is 2.21. The maximum absolute atomic E-state index is 15.1. The summed E-state index contributed by atoms with van der Waals surface area (Å²) in [5.74, 6) is -2.25. The minimum absolute atomic E-state index is 0.0845. The molecule has 37 heavy (non-hydrogen) atoms. The van der Waals surface area contributed by atoms with Gasteiger partial charge < -0.3 is 14.6 Å². The molecule has 3 N–H and O–H groups in total. The van der Waals surface area contributed by atoms with Crippen LogP contribution < -0.4 is 20.9 Å². The van der Waals surface area contributed by atoms with E-state index in [9.17, 15) is 14.0 Å². The second-order valence-corrected chi connectivity index (χ2v) is 8.25. The second kappa shape index (κ2) is 10.6. The van der Waals surface area contributed by atoms with Crippen LogP contribution in [-0.4, -0.2) is 39.0 Å². The number of hydrogen-bond acceptors (Lipinski definition) is 7. The van der Waals surface area contributed by atoms with E-state index in [0.717, 1.165) is 6.07 Å². The lowest BCUT2D eigenvalue weighted by Gasteiger charge is -2.16. The molecule has 0 aliphatic heterocycles. The Balaban J connectivity index is 1.48. The third-order valence-electron chi connectivity index (χ3n) is 5.20. The number of carbonyl (C=O) groups excluding carboxylic acids is 2. The van der Waals surface area contributed by atoms with Gasteiger partial charge in [-0.2, -0.15) is 5.10 Å². The van der Waals surface area contributed by atoms with Gasteiger partial charge in [0.25, 0.3) is 5.88 Å². The Labute approximate surface area is 213 Å². The van der Waals surface area contributed by atoms with Crippen molar-refractivity contribution >= 4 is 23.5 Å². The van der Waals surface area contributed by atoms with E-state index in [1.165, 1.54) is 49.3 Å². The topological polar surface area (TPSA) is 136 Å². The van der Waals surface area contributed by atoms with Crippen LogP contribution in [0.1, 0.15) is 29.2 Å². The molecular formula is C23H20ClF2N7O4. The van der Waals surface area contributed by atoms with Crippen molar-refractivity contribution in [3.05, 3.63) is 71.0 Å². The van der Waals surface area contributed by atoms with E-state index in [1.807, 2.05) is 0 Å². The van der Waals surface area contributed by atoms with Crippen molar-refractivity contribution in [2.45, 2.75) is 13.0 Å². The van der Waals surface area contributed by atoms with Gasteiger partial charge in [0.2, 0.25) is 5.76 Å². The van der Waals surface area contributed by atoms with E-state index >= 15 is 4.39 Å². The average Bonchev–Trinajstić information content (AvgIpc) is 3.51. The smallest absolute Gasteiger partial charge is 0.334 e. The molecule has 3 heterocycles. The fourth-order valence-corrected chi connectivity index (χ4v) is 3.70. The van der Waals surface area contributed by atoms with Crippen molar-refractivity contribution in [1.29, 1.82) is 0 Å². The summed E-state index contributed by atoms with van der Waals surface area (Å²) in [5.41, 5.74) is 5.40. The molecule has 3 aromatic heterocycles. The molecule has 0 unspecified atom stereocenters. The number of rotatable bonds is 6. The highest BCUT2D eigenvalue weighted by molar-refractivity contribution is 6.31. The summed E-state index contributed by atoms with van der Waals surface area (Å²) in [5, 5.41) is 10.1. The van der Waals surface area contributed by atoms with Crippen LogP contribution in [0.4, 0.5) is 13.6 Å². The van der Waals surface area contributed by atoms with Crippen LogP contribution in [0.5, 0.6) is 5.88 Å². The molecule has 0 saturated carbocycles. The Morgan fingerprint density at radius 2 is 1.89 bits per heavy atom. The minimum Gasteiger partial charge on any atom is -0.479 e. The number of urea groups is 1. The Morgan fingerprint density at radius 3 is 2.54 bits per heavy atom. The molecular weight excluding hydrogens is 512 g/mol. The number of nitrogens with zero attached hydrogens (tertiary/aromatic N) is 4. The maximum Gasteiger partial charge on any atom is 0.334 e. The predicted octanol–water partition coefficient (Wildman–Crippen LogP) is 3.78. The molecule has 0 aliphatic carbocycles. The van der Waals surface area contributed by atoms with Crippen LogP contribution in [0.2, 0.25) is 5.02 Å². The summed E-state index contributed by atoms with van der Waals surface area (Å²) >= 11 is 6.07. The van der Waals surface area contributed by atoms with E-state index in [1.54, 1.807) is 13.2 Å². The molecule has 0 aliphatic rings. The van der Waals surface area contributed by atoms with Gasteiger partial charge in [-0.3, -0.25) is 19.9 Å². The second-order valence-electron chi connectivity index (χ2n) is 7.81. The number of halogens is 3. The number of aryl methyl sites for hydroxylation is 1. The number of nitrogens with one attached hydrogen (secondary N) is 3. The number of benzene rings is 1. The number of pyridine rings is 1. The van der Waals surface area contributed by atoms with Gasteiger partial charge in [0.15, 0.2) is 0 Å². The van der Waals surface area contributed by atoms with Crippen LogP contribution in [0.15, 0.2) is 47.4 Å². The Kier molecular flexibility index (Phi) is 7.34. The van der Waals surface area contributed by atoms with Crippen LogP contribution in [0.3, 0.4) is 0 Å². The summed E-state index contributed by atoms with van der Waals surface area (Å²) in [4.78, 5) is 28.3. The van der Waals surface area contributed by atoms with Crippen molar-refractivity contribution in [3.8, 4) is 28.1 Å². The van der Waals surface area contributed by atoms with Gasteiger partial charge >= 0.3 is 11.9 Å². The third-order valence-corrected chi connectivity index (χ3v) is 5.42. The molecule has 1 aromatic carbocycles. The number of aromatic nitrogens is 4. The van der Waals surface area contributed by atoms with Crippen molar-refractivity contribution < 1.29 is 27.6 Å². The fourth-order valence-electron chi connectivity index (χ4n) is 3.50. The lowest BCUT2D eigenvalue weighted by molar-refractivity contribution is 0.0898. The van der Waals surface area contributed by atoms with Gasteiger partial charge in [-0.05, 0) is 35.8 Å². The van der Waals surface area contributed by atoms with Crippen LogP contribution in [-0.2, 0) is 7.05 Å². The van der Waals surface area contributed by atoms with Gasteiger partial charge in [-0.25, -0.2) is 19.0 Å². The van der Waals surface area contributed by atoms with Crippen molar-refractivity contribution in [1.82, 2.24) is 36.1 Å². The van der Waals surface area contributed by atoms with Crippen LogP contribution in [0.25, 0.3) is 22.3 Å². The molecule has 0 saturated heterocycles. The van der Waals surface area contributed by atoms with Gasteiger partial charge in [0.1, 0.15) is 11.6 Å². The molecule has 4 rings (SSSR count). The number of hydrogen-bond donors (Lipinski definition) is 3. The van der Waals surface area contributed by atoms with Crippen molar-refractivity contribution in [2.75, 3.05) is 7.11 Å². The SMILES string of the molecule is COc1cc(C(=O)NNC(=O)N[C@H](C)c2ncc(-c3cc(Cl)cc(F)c3-c3cnn(C)c3)cc2F)on1. The number of carbonyl (C=O) groups is 2. The van der Waals surface area contributed by atoms with Gasteiger partial charge in [-0.15, -0.1) is 0 Å². The first kappa shape index (κ1) is 25.6. The zero-order chi connectivity index (χ0) is 26.7. The van der Waals surface area contributed by atoms with Gasteiger partial charge in [0, 0.05) is 41.2 Å². The molecule has 0 bridgehead atoms. The van der Waals surface area contributed by atoms with E-state index in [-0.39, 0.29) is 33.5 Å². The highest BCUT2D eigenvalue weighted by atomic mass is 35.5. The Bertz CT molecular complexity index is 1470. The first-order valence-corrected chi connectivity index (χ1v) is 11.1.